The van der Waals surface area contributed by atoms with Gasteiger partial charge in [-0.15, -0.1) is 11.8 Å². The van der Waals surface area contributed by atoms with Crippen LogP contribution in [0.15, 0.2) is 12.1 Å². The number of urea groups is 1. The summed E-state index contributed by atoms with van der Waals surface area (Å²) in [5.41, 5.74) is 1.17. The van der Waals surface area contributed by atoms with Gasteiger partial charge in [0.15, 0.2) is 0 Å². The Morgan fingerprint density at radius 3 is 2.75 bits per heavy atom. The van der Waals surface area contributed by atoms with Crippen molar-refractivity contribution < 1.29 is 14.7 Å². The summed E-state index contributed by atoms with van der Waals surface area (Å²) in [7, 11) is 0. The quantitative estimate of drug-likeness (QED) is 0.870. The van der Waals surface area contributed by atoms with E-state index in [-0.39, 0.29) is 0 Å². The molecule has 0 unspecified atom stereocenters. The van der Waals surface area contributed by atoms with Gasteiger partial charge in [0.2, 0.25) is 0 Å². The molecule has 2 amide bonds. The molecule has 0 aromatic heterocycles. The molecule has 20 heavy (non-hydrogen) atoms. The molecule has 8 heteroatoms. The van der Waals surface area contributed by atoms with Crippen LogP contribution in [0.3, 0.4) is 0 Å². The lowest BCUT2D eigenvalue weighted by atomic mass is 10.2. The highest BCUT2D eigenvalue weighted by Gasteiger charge is 2.34. The average molecular weight is 335 g/mol. The van der Waals surface area contributed by atoms with E-state index in [1.165, 1.54) is 16.7 Å². The number of nitrogens with one attached hydrogen (secondary N) is 1. The molecule has 1 fully saturated rings. The molecule has 1 aromatic rings. The van der Waals surface area contributed by atoms with Crippen LogP contribution in [0.25, 0.3) is 0 Å². The first-order chi connectivity index (χ1) is 9.40. The number of rotatable bonds is 2. The number of aryl methyl sites for hydroxylation is 1. The molecule has 1 atom stereocenters. The van der Waals surface area contributed by atoms with Gasteiger partial charge in [-0.1, -0.05) is 23.2 Å². The van der Waals surface area contributed by atoms with Crippen LogP contribution in [0.5, 0.6) is 0 Å². The molecule has 108 valence electrons. The van der Waals surface area contributed by atoms with Crippen molar-refractivity contribution in [3.63, 3.8) is 0 Å². The number of carboxylic acids is 1. The number of aliphatic carboxylic acids is 1. The van der Waals surface area contributed by atoms with E-state index in [2.05, 4.69) is 5.32 Å². The molecule has 1 saturated heterocycles. The number of amides is 2. The first kappa shape index (κ1) is 15.3. The van der Waals surface area contributed by atoms with Gasteiger partial charge in [-0.05, 0) is 24.6 Å². The van der Waals surface area contributed by atoms with Crippen molar-refractivity contribution in [3.8, 4) is 0 Å². The zero-order chi connectivity index (χ0) is 14.9. The lowest BCUT2D eigenvalue weighted by molar-refractivity contribution is -0.140. The zero-order valence-corrected chi connectivity index (χ0v) is 12.8. The summed E-state index contributed by atoms with van der Waals surface area (Å²) in [6.07, 6.45) is 0. The van der Waals surface area contributed by atoms with Gasteiger partial charge in [-0.25, -0.2) is 9.59 Å². The summed E-state index contributed by atoms with van der Waals surface area (Å²) in [6.45, 7) is 1.80. The molecule has 1 aliphatic heterocycles. The predicted molar refractivity (Wildman–Crippen MR) is 80.8 cm³/mol. The summed E-state index contributed by atoms with van der Waals surface area (Å²) < 4.78 is 0. The van der Waals surface area contributed by atoms with Gasteiger partial charge in [0.25, 0.3) is 0 Å². The van der Waals surface area contributed by atoms with Gasteiger partial charge in [0.1, 0.15) is 6.04 Å². The maximum atomic E-state index is 12.1. The first-order valence-electron chi connectivity index (χ1n) is 5.74. The second-order valence-electron chi connectivity index (χ2n) is 4.34. The Bertz CT molecular complexity index is 568. The van der Waals surface area contributed by atoms with Crippen molar-refractivity contribution in [3.05, 3.63) is 27.7 Å². The number of thioether (sulfide) groups is 1. The highest BCUT2D eigenvalue weighted by molar-refractivity contribution is 7.99. The van der Waals surface area contributed by atoms with E-state index in [4.69, 9.17) is 28.3 Å². The van der Waals surface area contributed by atoms with E-state index < -0.39 is 18.0 Å². The molecule has 2 N–H and O–H groups in total. The van der Waals surface area contributed by atoms with Crippen molar-refractivity contribution in [1.82, 2.24) is 4.90 Å². The van der Waals surface area contributed by atoms with Crippen molar-refractivity contribution in [2.24, 2.45) is 0 Å². The predicted octanol–water partition coefficient (Wildman–Crippen LogP) is 3.29. The van der Waals surface area contributed by atoms with Crippen LogP contribution < -0.4 is 5.32 Å². The molecular formula is C12H12Cl2N2O3S. The third-order valence-corrected chi connectivity index (χ3v) is 4.65. The largest absolute Gasteiger partial charge is 0.480 e. The van der Waals surface area contributed by atoms with Crippen molar-refractivity contribution >= 4 is 52.7 Å². The summed E-state index contributed by atoms with van der Waals surface area (Å²) in [4.78, 5) is 24.4. The van der Waals surface area contributed by atoms with Crippen LogP contribution in [0.2, 0.25) is 10.0 Å². The van der Waals surface area contributed by atoms with Crippen LogP contribution in [0, 0.1) is 6.92 Å². The molecule has 0 aliphatic carbocycles. The standard InChI is InChI=1S/C12H12Cl2N2O3S/c1-6-2-8(14)9(3-7(6)13)15-12(19)16-5-20-4-10(16)11(17)18/h2-3,10H,4-5H2,1H3,(H,15,19)(H,17,18)/t10-/m0/s1. The van der Waals surface area contributed by atoms with E-state index in [1.807, 2.05) is 0 Å². The molecule has 0 spiro atoms. The fourth-order valence-electron chi connectivity index (χ4n) is 1.78. The fraction of sp³-hybridized carbons (Fsp3) is 0.333. The van der Waals surface area contributed by atoms with Gasteiger partial charge in [0, 0.05) is 10.8 Å². The SMILES string of the molecule is Cc1cc(Cl)c(NC(=O)N2CSC[C@H]2C(=O)O)cc1Cl. The van der Waals surface area contributed by atoms with Gasteiger partial charge in [-0.3, -0.25) is 0 Å². The number of anilines is 1. The van der Waals surface area contributed by atoms with Gasteiger partial charge < -0.3 is 15.3 Å². The number of hydrogen-bond acceptors (Lipinski definition) is 3. The minimum atomic E-state index is -1.02. The van der Waals surface area contributed by atoms with Gasteiger partial charge >= 0.3 is 12.0 Å². The topological polar surface area (TPSA) is 69.6 Å². The van der Waals surface area contributed by atoms with E-state index in [9.17, 15) is 9.59 Å². The summed E-state index contributed by atoms with van der Waals surface area (Å²) in [6, 6.07) is 1.88. The number of hydrogen-bond donors (Lipinski definition) is 2. The molecule has 5 nitrogen and oxygen atoms in total. The first-order valence-corrected chi connectivity index (χ1v) is 7.65. The second-order valence-corrected chi connectivity index (χ2v) is 6.15. The van der Waals surface area contributed by atoms with E-state index >= 15 is 0 Å². The number of benzene rings is 1. The van der Waals surface area contributed by atoms with Crippen molar-refractivity contribution in [2.45, 2.75) is 13.0 Å². The van der Waals surface area contributed by atoms with Gasteiger partial charge in [-0.2, -0.15) is 0 Å². The van der Waals surface area contributed by atoms with Crippen LogP contribution in [-0.4, -0.2) is 39.7 Å². The number of nitrogens with zero attached hydrogens (tertiary/aromatic N) is 1. The minimum Gasteiger partial charge on any atom is -0.480 e. The minimum absolute atomic E-state index is 0.333. The van der Waals surface area contributed by atoms with E-state index in [0.717, 1.165) is 5.56 Å². The zero-order valence-electron chi connectivity index (χ0n) is 10.5. The Labute approximate surface area is 130 Å². The monoisotopic (exact) mass is 334 g/mol. The maximum Gasteiger partial charge on any atom is 0.327 e. The number of halogens is 2. The molecule has 1 heterocycles. The molecule has 1 aromatic carbocycles. The Balaban J connectivity index is 2.16. The van der Waals surface area contributed by atoms with Crippen molar-refractivity contribution in [1.29, 1.82) is 0 Å². The highest BCUT2D eigenvalue weighted by Crippen LogP contribution is 2.30. The molecular weight excluding hydrogens is 323 g/mol. The van der Waals surface area contributed by atoms with Gasteiger partial charge in [0.05, 0.1) is 16.6 Å². The fourth-order valence-corrected chi connectivity index (χ4v) is 3.35. The van der Waals surface area contributed by atoms with Crippen LogP contribution in [0.1, 0.15) is 5.56 Å². The van der Waals surface area contributed by atoms with Crippen LogP contribution >= 0.6 is 35.0 Å². The van der Waals surface area contributed by atoms with E-state index in [0.29, 0.717) is 27.4 Å². The number of carboxylic acid groups (broad SMARTS) is 1. The maximum absolute atomic E-state index is 12.1. The summed E-state index contributed by atoms with van der Waals surface area (Å²) in [5, 5.41) is 12.5. The number of carbonyl (C=O) groups is 2. The Morgan fingerprint density at radius 1 is 1.40 bits per heavy atom. The number of carbonyl (C=O) groups excluding carboxylic acids is 1. The van der Waals surface area contributed by atoms with Crippen molar-refractivity contribution in [2.75, 3.05) is 16.9 Å². The molecule has 2 rings (SSSR count). The Morgan fingerprint density at radius 2 is 2.10 bits per heavy atom. The summed E-state index contributed by atoms with van der Waals surface area (Å²) >= 11 is 13.4. The normalized spacial score (nSPS) is 18.1. The lowest BCUT2D eigenvalue weighted by Gasteiger charge is -2.21. The lowest BCUT2D eigenvalue weighted by Crippen LogP contribution is -2.44. The van der Waals surface area contributed by atoms with Crippen LogP contribution in [0.4, 0.5) is 10.5 Å². The third kappa shape index (κ3) is 3.13. The van der Waals surface area contributed by atoms with E-state index in [1.54, 1.807) is 19.1 Å². The Kier molecular flexibility index (Phi) is 4.67. The Hall–Kier alpha value is -1.11. The third-order valence-electron chi connectivity index (χ3n) is 2.92. The summed E-state index contributed by atoms with van der Waals surface area (Å²) in [5.74, 6) is -0.302. The molecule has 0 bridgehead atoms. The second kappa shape index (κ2) is 6.11. The average Bonchev–Trinajstić information content (AvgIpc) is 2.85. The highest BCUT2D eigenvalue weighted by atomic mass is 35.5. The molecule has 1 aliphatic rings. The molecule has 0 radical (unpaired) electrons. The van der Waals surface area contributed by atoms with Crippen LogP contribution in [-0.2, 0) is 4.79 Å². The smallest absolute Gasteiger partial charge is 0.327 e. The molecule has 0 saturated carbocycles.